The highest BCUT2D eigenvalue weighted by Crippen LogP contribution is 2.21. The molecule has 5 nitrogen and oxygen atoms in total. The molecule has 1 unspecified atom stereocenters. The lowest BCUT2D eigenvalue weighted by Gasteiger charge is -2.23. The minimum absolute atomic E-state index is 0.203. The number of rotatable bonds is 3. The summed E-state index contributed by atoms with van der Waals surface area (Å²) in [6.45, 7) is 3.04. The van der Waals surface area contributed by atoms with Gasteiger partial charge in [0.25, 0.3) is 0 Å². The third-order valence-corrected chi connectivity index (χ3v) is 4.71. The van der Waals surface area contributed by atoms with Crippen molar-refractivity contribution in [3.63, 3.8) is 0 Å². The number of benzene rings is 1. The van der Waals surface area contributed by atoms with Gasteiger partial charge in [-0.15, -0.1) is 0 Å². The highest BCUT2D eigenvalue weighted by molar-refractivity contribution is 7.89. The van der Waals surface area contributed by atoms with Crippen LogP contribution in [0.25, 0.3) is 0 Å². The zero-order valence-corrected chi connectivity index (χ0v) is 12.2. The van der Waals surface area contributed by atoms with Gasteiger partial charge in [-0.2, -0.15) is 0 Å². The number of nitrogens with one attached hydrogen (secondary N) is 1. The van der Waals surface area contributed by atoms with E-state index in [0.717, 1.165) is 0 Å². The maximum Gasteiger partial charge on any atom is 0.241 e. The molecule has 0 bridgehead atoms. The average Bonchev–Trinajstić information content (AvgIpc) is 2.82. The van der Waals surface area contributed by atoms with Gasteiger partial charge in [0.05, 0.1) is 23.6 Å². The molecule has 2 rings (SSSR count). The van der Waals surface area contributed by atoms with Gasteiger partial charge in [0.15, 0.2) is 0 Å². The number of sulfonamides is 1. The first-order valence-electron chi connectivity index (χ1n) is 6.36. The van der Waals surface area contributed by atoms with Crippen LogP contribution < -0.4 is 10.5 Å². The predicted molar refractivity (Wildman–Crippen MR) is 76.5 cm³/mol. The number of hydrogen-bond donors (Lipinski definition) is 2. The summed E-state index contributed by atoms with van der Waals surface area (Å²) in [4.78, 5) is 0.203. The molecule has 0 amide bonds. The first-order chi connectivity index (χ1) is 9.45. The van der Waals surface area contributed by atoms with Gasteiger partial charge in [0.1, 0.15) is 0 Å². The molecular weight excluding hydrogens is 276 g/mol. The van der Waals surface area contributed by atoms with E-state index in [4.69, 9.17) is 10.5 Å². The fraction of sp³-hybridized carbons (Fsp3) is 0.429. The highest BCUT2D eigenvalue weighted by Gasteiger charge is 2.34. The maximum absolute atomic E-state index is 12.4. The predicted octanol–water partition coefficient (Wildman–Crippen LogP) is 0.454. The molecule has 1 aromatic rings. The molecule has 1 fully saturated rings. The third kappa shape index (κ3) is 3.58. The molecule has 1 heterocycles. The molecule has 0 radical (unpaired) electrons. The van der Waals surface area contributed by atoms with E-state index in [1.165, 1.54) is 0 Å². The Morgan fingerprint density at radius 1 is 1.50 bits per heavy atom. The van der Waals surface area contributed by atoms with E-state index in [-0.39, 0.29) is 11.4 Å². The molecule has 3 N–H and O–H groups in total. The summed E-state index contributed by atoms with van der Waals surface area (Å²) >= 11 is 0. The monoisotopic (exact) mass is 294 g/mol. The Hall–Kier alpha value is -1.39. The maximum atomic E-state index is 12.4. The largest absolute Gasteiger partial charge is 0.379 e. The van der Waals surface area contributed by atoms with Gasteiger partial charge in [-0.3, -0.25) is 0 Å². The Labute approximate surface area is 119 Å². The first kappa shape index (κ1) is 15.0. The molecular formula is C14H18N2O3S. The van der Waals surface area contributed by atoms with Crippen LogP contribution in [0.4, 0.5) is 0 Å². The Morgan fingerprint density at radius 2 is 2.30 bits per heavy atom. The topological polar surface area (TPSA) is 81.4 Å². The van der Waals surface area contributed by atoms with Crippen LogP contribution in [0.5, 0.6) is 0 Å². The van der Waals surface area contributed by atoms with Crippen molar-refractivity contribution >= 4 is 10.0 Å². The minimum Gasteiger partial charge on any atom is -0.379 e. The molecule has 6 heteroatoms. The van der Waals surface area contributed by atoms with Crippen LogP contribution in [0.15, 0.2) is 29.2 Å². The van der Waals surface area contributed by atoms with Crippen molar-refractivity contribution in [2.75, 3.05) is 19.8 Å². The van der Waals surface area contributed by atoms with Gasteiger partial charge in [-0.25, -0.2) is 13.1 Å². The van der Waals surface area contributed by atoms with Crippen LogP contribution in [-0.4, -0.2) is 33.7 Å². The summed E-state index contributed by atoms with van der Waals surface area (Å²) < 4.78 is 32.7. The van der Waals surface area contributed by atoms with Crippen molar-refractivity contribution in [2.45, 2.75) is 23.8 Å². The molecule has 0 spiro atoms. The standard InChI is InChI=1S/C14H18N2O3S/c1-14(7-9-19-11-14)16-20(17,18)13-6-2-4-12(10-13)5-3-8-15/h2,4,6,10,16H,7-9,11,15H2,1H3. The molecule has 1 aliphatic rings. The van der Waals surface area contributed by atoms with Gasteiger partial charge >= 0.3 is 0 Å². The molecule has 1 aliphatic heterocycles. The summed E-state index contributed by atoms with van der Waals surface area (Å²) in [5.41, 5.74) is 5.40. The van der Waals surface area contributed by atoms with Crippen LogP contribution in [0.3, 0.4) is 0 Å². The molecule has 20 heavy (non-hydrogen) atoms. The van der Waals surface area contributed by atoms with Crippen molar-refractivity contribution in [3.8, 4) is 11.8 Å². The van der Waals surface area contributed by atoms with Gasteiger partial charge in [-0.1, -0.05) is 17.9 Å². The third-order valence-electron chi connectivity index (χ3n) is 3.08. The van der Waals surface area contributed by atoms with Gasteiger partial charge in [-0.05, 0) is 31.5 Å². The van der Waals surface area contributed by atoms with Crippen LogP contribution >= 0.6 is 0 Å². The second-order valence-electron chi connectivity index (χ2n) is 5.00. The van der Waals surface area contributed by atoms with Crippen molar-refractivity contribution in [1.29, 1.82) is 0 Å². The van der Waals surface area contributed by atoms with Crippen molar-refractivity contribution in [2.24, 2.45) is 5.73 Å². The van der Waals surface area contributed by atoms with Crippen LogP contribution in [0.1, 0.15) is 18.9 Å². The fourth-order valence-corrected chi connectivity index (χ4v) is 3.49. The summed E-state index contributed by atoms with van der Waals surface area (Å²) in [5, 5.41) is 0. The van der Waals surface area contributed by atoms with E-state index in [2.05, 4.69) is 16.6 Å². The lowest BCUT2D eigenvalue weighted by Crippen LogP contribution is -2.46. The van der Waals surface area contributed by atoms with Crippen molar-refractivity contribution < 1.29 is 13.2 Å². The second-order valence-corrected chi connectivity index (χ2v) is 6.68. The van der Waals surface area contributed by atoms with E-state index >= 15 is 0 Å². The number of ether oxygens (including phenoxy) is 1. The summed E-state index contributed by atoms with van der Waals surface area (Å²) in [6.07, 6.45) is 0.666. The zero-order valence-electron chi connectivity index (χ0n) is 11.3. The molecule has 1 saturated heterocycles. The lowest BCUT2D eigenvalue weighted by molar-refractivity contribution is 0.178. The zero-order chi connectivity index (χ0) is 14.6. The van der Waals surface area contributed by atoms with E-state index in [0.29, 0.717) is 25.2 Å². The molecule has 0 aliphatic carbocycles. The van der Waals surface area contributed by atoms with E-state index in [9.17, 15) is 8.42 Å². The first-order valence-corrected chi connectivity index (χ1v) is 7.84. The van der Waals surface area contributed by atoms with Crippen molar-refractivity contribution in [1.82, 2.24) is 4.72 Å². The quantitative estimate of drug-likeness (QED) is 0.793. The molecule has 0 saturated carbocycles. The molecule has 108 valence electrons. The van der Waals surface area contributed by atoms with E-state index in [1.54, 1.807) is 24.3 Å². The lowest BCUT2D eigenvalue weighted by atomic mass is 10.0. The number of nitrogens with two attached hydrogens (primary N) is 1. The van der Waals surface area contributed by atoms with Crippen LogP contribution in [-0.2, 0) is 14.8 Å². The SMILES string of the molecule is CC1(NS(=O)(=O)c2cccc(C#CCN)c2)CCOC1. The van der Waals surface area contributed by atoms with E-state index < -0.39 is 15.6 Å². The molecule has 1 atom stereocenters. The Morgan fingerprint density at radius 3 is 2.95 bits per heavy atom. The molecule has 1 aromatic carbocycles. The average molecular weight is 294 g/mol. The Kier molecular flexibility index (Phi) is 4.45. The number of hydrogen-bond acceptors (Lipinski definition) is 4. The minimum atomic E-state index is -3.58. The van der Waals surface area contributed by atoms with Crippen molar-refractivity contribution in [3.05, 3.63) is 29.8 Å². The second kappa shape index (κ2) is 5.94. The normalized spacial score (nSPS) is 22.3. The summed E-state index contributed by atoms with van der Waals surface area (Å²) in [6, 6.07) is 6.52. The fourth-order valence-electron chi connectivity index (χ4n) is 2.02. The smallest absolute Gasteiger partial charge is 0.241 e. The van der Waals surface area contributed by atoms with Gasteiger partial charge < -0.3 is 10.5 Å². The summed E-state index contributed by atoms with van der Waals surface area (Å²) in [5.74, 6) is 5.53. The highest BCUT2D eigenvalue weighted by atomic mass is 32.2. The van der Waals surface area contributed by atoms with Crippen LogP contribution in [0, 0.1) is 11.8 Å². The van der Waals surface area contributed by atoms with Gasteiger partial charge in [0.2, 0.25) is 10.0 Å². The van der Waals surface area contributed by atoms with E-state index in [1.807, 2.05) is 6.92 Å². The van der Waals surface area contributed by atoms with Gasteiger partial charge in [0, 0.05) is 12.2 Å². The Bertz CT molecular complexity index is 638. The van der Waals surface area contributed by atoms with Crippen LogP contribution in [0.2, 0.25) is 0 Å². The summed E-state index contributed by atoms with van der Waals surface area (Å²) in [7, 11) is -3.58. The molecule has 0 aromatic heterocycles. The Balaban J connectivity index is 2.25.